The Kier molecular flexibility index (Phi) is 6.40. The van der Waals surface area contributed by atoms with E-state index in [0.29, 0.717) is 16.7 Å². The number of aliphatic imine (C=N–C) groups is 1. The summed E-state index contributed by atoms with van der Waals surface area (Å²) in [7, 11) is 0. The summed E-state index contributed by atoms with van der Waals surface area (Å²) in [4.78, 5) is 11.7. The molecule has 3 rings (SSSR count). The van der Waals surface area contributed by atoms with Crippen molar-refractivity contribution < 1.29 is 4.74 Å². The molecule has 2 aromatic rings. The van der Waals surface area contributed by atoms with E-state index in [1.165, 1.54) is 18.5 Å². The number of halogens is 1. The van der Waals surface area contributed by atoms with Crippen molar-refractivity contribution in [2.45, 2.75) is 46.6 Å². The van der Waals surface area contributed by atoms with Crippen LogP contribution in [0.15, 0.2) is 47.5 Å². The van der Waals surface area contributed by atoms with Crippen LogP contribution in [0, 0.1) is 6.92 Å². The lowest BCUT2D eigenvalue weighted by molar-refractivity contribution is 0.242. The maximum absolute atomic E-state index is 6.50. The van der Waals surface area contributed by atoms with E-state index in [1.54, 1.807) is 0 Å². The number of pyridine rings is 1. The highest BCUT2D eigenvalue weighted by atomic mass is 35.5. The smallest absolute Gasteiger partial charge is 0.187 e. The van der Waals surface area contributed by atoms with Gasteiger partial charge in [0.1, 0.15) is 6.10 Å². The van der Waals surface area contributed by atoms with Gasteiger partial charge in [0.25, 0.3) is 0 Å². The number of ether oxygens (including phenoxy) is 1. The van der Waals surface area contributed by atoms with Gasteiger partial charge in [-0.25, -0.2) is 4.98 Å². The second-order valence-corrected chi connectivity index (χ2v) is 7.84. The summed E-state index contributed by atoms with van der Waals surface area (Å²) in [5.74, 6) is 1.18. The second kappa shape index (κ2) is 8.78. The molecule has 1 atom stereocenters. The molecule has 0 aliphatic carbocycles. The van der Waals surface area contributed by atoms with Crippen molar-refractivity contribution in [3.8, 4) is 11.3 Å². The van der Waals surface area contributed by atoms with Gasteiger partial charge in [0.05, 0.1) is 10.7 Å². The fraction of sp³-hybridized carbons (Fsp3) is 0.391. The van der Waals surface area contributed by atoms with Crippen LogP contribution in [-0.4, -0.2) is 30.1 Å². The zero-order valence-corrected chi connectivity index (χ0v) is 17.9. The maximum atomic E-state index is 6.50. The first-order valence-electron chi connectivity index (χ1n) is 9.75. The molecule has 28 heavy (non-hydrogen) atoms. The van der Waals surface area contributed by atoms with Crippen LogP contribution in [-0.2, 0) is 4.74 Å². The Labute approximate surface area is 172 Å². The lowest BCUT2D eigenvalue weighted by Gasteiger charge is -2.18. The normalized spacial score (nSPS) is 15.6. The molecule has 4 nitrogen and oxygen atoms in total. The third-order valence-electron chi connectivity index (χ3n) is 5.06. The second-order valence-electron chi connectivity index (χ2n) is 7.44. The Morgan fingerprint density at radius 2 is 1.86 bits per heavy atom. The summed E-state index contributed by atoms with van der Waals surface area (Å²) in [6, 6.07) is 10.4. The van der Waals surface area contributed by atoms with Crippen molar-refractivity contribution in [1.29, 1.82) is 0 Å². The molecule has 0 spiro atoms. The SMILES string of the molecule is C=C(C)C(C)OC(C)=Nc1nc(-c2ccc(N3CCCC3)cc2)c(Cl)cc1C. The zero-order chi connectivity index (χ0) is 20.3. The molecule has 0 bridgehead atoms. The van der Waals surface area contributed by atoms with Crippen molar-refractivity contribution in [2.75, 3.05) is 18.0 Å². The molecule has 1 aromatic carbocycles. The van der Waals surface area contributed by atoms with E-state index in [-0.39, 0.29) is 6.10 Å². The van der Waals surface area contributed by atoms with Crippen molar-refractivity contribution >= 4 is 29.0 Å². The first-order valence-corrected chi connectivity index (χ1v) is 10.1. The summed E-state index contributed by atoms with van der Waals surface area (Å²) in [5, 5.41) is 0.624. The summed E-state index contributed by atoms with van der Waals surface area (Å²) in [6.45, 7) is 13.9. The van der Waals surface area contributed by atoms with Crippen molar-refractivity contribution in [3.05, 3.63) is 53.1 Å². The molecule has 1 fully saturated rings. The molecule has 1 aliphatic rings. The fourth-order valence-electron chi connectivity index (χ4n) is 3.22. The highest BCUT2D eigenvalue weighted by molar-refractivity contribution is 6.33. The third kappa shape index (κ3) is 4.74. The third-order valence-corrected chi connectivity index (χ3v) is 5.34. The minimum absolute atomic E-state index is 0.0889. The number of benzene rings is 1. The average molecular weight is 398 g/mol. The monoisotopic (exact) mass is 397 g/mol. The van der Waals surface area contributed by atoms with Gasteiger partial charge in [0.15, 0.2) is 11.7 Å². The molecule has 1 unspecified atom stereocenters. The topological polar surface area (TPSA) is 37.7 Å². The molecular formula is C23H28ClN3O. The fourth-order valence-corrected chi connectivity index (χ4v) is 3.54. The van der Waals surface area contributed by atoms with E-state index in [0.717, 1.165) is 35.5 Å². The Morgan fingerprint density at radius 1 is 1.21 bits per heavy atom. The predicted molar refractivity (Wildman–Crippen MR) is 119 cm³/mol. The summed E-state index contributed by atoms with van der Waals surface area (Å²) < 4.78 is 5.79. The number of rotatable bonds is 5. The van der Waals surface area contributed by atoms with Gasteiger partial charge in [0.2, 0.25) is 0 Å². The molecule has 5 heteroatoms. The van der Waals surface area contributed by atoms with Crippen LogP contribution >= 0.6 is 11.6 Å². The van der Waals surface area contributed by atoms with Crippen molar-refractivity contribution in [2.24, 2.45) is 4.99 Å². The maximum Gasteiger partial charge on any atom is 0.187 e. The van der Waals surface area contributed by atoms with E-state index in [4.69, 9.17) is 21.3 Å². The lowest BCUT2D eigenvalue weighted by atomic mass is 10.1. The summed E-state index contributed by atoms with van der Waals surface area (Å²) in [6.07, 6.45) is 2.44. The van der Waals surface area contributed by atoms with Crippen LogP contribution in [0.25, 0.3) is 11.3 Å². The van der Waals surface area contributed by atoms with E-state index in [1.807, 2.05) is 33.8 Å². The zero-order valence-electron chi connectivity index (χ0n) is 17.1. The molecule has 0 amide bonds. The Hall–Kier alpha value is -2.33. The van der Waals surface area contributed by atoms with E-state index in [9.17, 15) is 0 Å². The van der Waals surface area contributed by atoms with Crippen LogP contribution in [0.4, 0.5) is 11.5 Å². The summed E-state index contributed by atoms with van der Waals surface area (Å²) >= 11 is 6.50. The molecule has 0 saturated carbocycles. The quantitative estimate of drug-likeness (QED) is 0.335. The summed E-state index contributed by atoms with van der Waals surface area (Å²) in [5.41, 5.74) is 4.83. The van der Waals surface area contributed by atoms with E-state index < -0.39 is 0 Å². The van der Waals surface area contributed by atoms with Crippen LogP contribution in [0.5, 0.6) is 0 Å². The van der Waals surface area contributed by atoms with Gasteiger partial charge in [-0.05, 0) is 62.9 Å². The van der Waals surface area contributed by atoms with Gasteiger partial charge in [-0.15, -0.1) is 0 Å². The van der Waals surface area contributed by atoms with Crippen molar-refractivity contribution in [3.63, 3.8) is 0 Å². The number of nitrogens with zero attached hydrogens (tertiary/aromatic N) is 3. The van der Waals surface area contributed by atoms with Crippen LogP contribution in [0.1, 0.15) is 39.2 Å². The van der Waals surface area contributed by atoms with Gasteiger partial charge >= 0.3 is 0 Å². The van der Waals surface area contributed by atoms with Gasteiger partial charge in [-0.1, -0.05) is 30.3 Å². The van der Waals surface area contributed by atoms with Gasteiger partial charge in [-0.3, -0.25) is 0 Å². The first kappa shape index (κ1) is 20.4. The molecule has 1 aromatic heterocycles. The molecule has 1 saturated heterocycles. The largest absolute Gasteiger partial charge is 0.473 e. The molecule has 0 N–H and O–H groups in total. The Balaban J connectivity index is 1.87. The number of aryl methyl sites for hydroxylation is 1. The number of hydrogen-bond donors (Lipinski definition) is 0. The minimum atomic E-state index is -0.0889. The molecule has 1 aliphatic heterocycles. The molecule has 0 radical (unpaired) electrons. The van der Waals surface area contributed by atoms with E-state index in [2.05, 4.69) is 40.7 Å². The van der Waals surface area contributed by atoms with Crippen LogP contribution in [0.3, 0.4) is 0 Å². The van der Waals surface area contributed by atoms with Gasteiger partial charge in [-0.2, -0.15) is 4.99 Å². The predicted octanol–water partition coefficient (Wildman–Crippen LogP) is 6.34. The Bertz CT molecular complexity index is 883. The molecule has 2 heterocycles. The lowest BCUT2D eigenvalue weighted by Crippen LogP contribution is -2.17. The van der Waals surface area contributed by atoms with Crippen molar-refractivity contribution in [1.82, 2.24) is 4.98 Å². The average Bonchev–Trinajstić information content (AvgIpc) is 3.18. The first-order chi connectivity index (χ1) is 13.3. The van der Waals surface area contributed by atoms with E-state index >= 15 is 0 Å². The standard InChI is InChI=1S/C23H28ClN3O/c1-15(2)17(4)28-18(5)25-23-16(3)14-21(24)22(26-23)19-8-10-20(11-9-19)27-12-6-7-13-27/h8-11,14,17H,1,6-7,12-13H2,2-5H3. The Morgan fingerprint density at radius 3 is 2.46 bits per heavy atom. The number of hydrogen-bond acceptors (Lipinski definition) is 4. The van der Waals surface area contributed by atoms with Crippen LogP contribution < -0.4 is 4.90 Å². The number of aromatic nitrogens is 1. The minimum Gasteiger partial charge on any atom is -0.473 e. The highest BCUT2D eigenvalue weighted by Crippen LogP contribution is 2.32. The number of anilines is 1. The molecular weight excluding hydrogens is 370 g/mol. The van der Waals surface area contributed by atoms with Crippen LogP contribution in [0.2, 0.25) is 5.02 Å². The highest BCUT2D eigenvalue weighted by Gasteiger charge is 2.14. The van der Waals surface area contributed by atoms with Gasteiger partial charge in [0, 0.05) is 31.3 Å². The van der Waals surface area contributed by atoms with Gasteiger partial charge < -0.3 is 9.64 Å². The molecule has 148 valence electrons.